The van der Waals surface area contributed by atoms with Crippen molar-refractivity contribution in [2.75, 3.05) is 12.3 Å². The van der Waals surface area contributed by atoms with Crippen molar-refractivity contribution in [3.8, 4) is 12.3 Å². The first-order chi connectivity index (χ1) is 8.20. The van der Waals surface area contributed by atoms with Gasteiger partial charge in [-0.1, -0.05) is 0 Å². The van der Waals surface area contributed by atoms with Gasteiger partial charge in [-0.2, -0.15) is 0 Å². The minimum Gasteiger partial charge on any atom is -0.399 e. The number of terminal acetylenes is 1. The maximum atomic E-state index is 11.7. The van der Waals surface area contributed by atoms with E-state index >= 15 is 0 Å². The molecule has 0 spiro atoms. The van der Waals surface area contributed by atoms with Gasteiger partial charge in [0.25, 0.3) is 5.91 Å². The fraction of sp³-hybridized carbons (Fsp3) is 0.154. The molecule has 4 heteroatoms. The van der Waals surface area contributed by atoms with Gasteiger partial charge in [-0.3, -0.25) is 4.79 Å². The number of anilines is 1. The van der Waals surface area contributed by atoms with Gasteiger partial charge in [-0.25, -0.2) is 0 Å². The smallest absolute Gasteiger partial charge is 0.267 e. The summed E-state index contributed by atoms with van der Waals surface area (Å²) in [7, 11) is 0. The lowest BCUT2D eigenvalue weighted by Crippen LogP contribution is -2.24. The molecule has 0 bridgehead atoms. The second-order valence-electron chi connectivity index (χ2n) is 3.74. The molecule has 1 aromatic carbocycles. The number of fused-ring (bicyclic) bond motifs is 1. The van der Waals surface area contributed by atoms with Crippen molar-refractivity contribution in [2.24, 2.45) is 0 Å². The molecule has 1 aromatic heterocycles. The van der Waals surface area contributed by atoms with Crippen molar-refractivity contribution < 1.29 is 4.79 Å². The molecule has 86 valence electrons. The summed E-state index contributed by atoms with van der Waals surface area (Å²) < 4.78 is 0. The normalized spacial score (nSPS) is 10.1. The topological polar surface area (TPSA) is 70.9 Å². The van der Waals surface area contributed by atoms with Crippen molar-refractivity contribution >= 4 is 22.5 Å². The number of rotatable bonds is 3. The highest BCUT2D eigenvalue weighted by Gasteiger charge is 2.08. The number of carbonyl (C=O) groups excluding carboxylic acids is 1. The third-order valence-electron chi connectivity index (χ3n) is 2.44. The molecule has 2 aromatic rings. The molecule has 4 N–H and O–H groups in total. The van der Waals surface area contributed by atoms with Gasteiger partial charge >= 0.3 is 0 Å². The number of nitrogens with two attached hydrogens (primary N) is 1. The van der Waals surface area contributed by atoms with Crippen LogP contribution in [-0.4, -0.2) is 17.4 Å². The van der Waals surface area contributed by atoms with Crippen molar-refractivity contribution in [2.45, 2.75) is 6.42 Å². The van der Waals surface area contributed by atoms with Crippen LogP contribution in [0.5, 0.6) is 0 Å². The van der Waals surface area contributed by atoms with Crippen LogP contribution < -0.4 is 11.1 Å². The Balaban J connectivity index is 2.19. The fourth-order valence-corrected chi connectivity index (χ4v) is 1.62. The van der Waals surface area contributed by atoms with Gasteiger partial charge < -0.3 is 16.0 Å². The third kappa shape index (κ3) is 2.40. The van der Waals surface area contributed by atoms with Crippen LogP contribution in [0.25, 0.3) is 10.9 Å². The summed E-state index contributed by atoms with van der Waals surface area (Å²) in [4.78, 5) is 14.8. The summed E-state index contributed by atoms with van der Waals surface area (Å²) >= 11 is 0. The first kappa shape index (κ1) is 11.1. The van der Waals surface area contributed by atoms with E-state index in [1.807, 2.05) is 12.1 Å². The van der Waals surface area contributed by atoms with Crippen molar-refractivity contribution in [1.29, 1.82) is 0 Å². The molecule has 1 amide bonds. The Bertz CT molecular complexity index is 592. The predicted molar refractivity (Wildman–Crippen MR) is 68.5 cm³/mol. The van der Waals surface area contributed by atoms with Gasteiger partial charge in [0.15, 0.2) is 0 Å². The monoisotopic (exact) mass is 227 g/mol. The zero-order valence-electron chi connectivity index (χ0n) is 9.29. The molecule has 0 aliphatic rings. The Kier molecular flexibility index (Phi) is 3.01. The van der Waals surface area contributed by atoms with E-state index in [0.717, 1.165) is 10.9 Å². The number of nitrogen functional groups attached to an aromatic ring is 1. The molecule has 0 fully saturated rings. The molecule has 0 aliphatic carbocycles. The summed E-state index contributed by atoms with van der Waals surface area (Å²) in [6.07, 6.45) is 5.64. The molecular formula is C13H13N3O. The number of H-pyrrole nitrogens is 1. The van der Waals surface area contributed by atoms with Crippen molar-refractivity contribution in [1.82, 2.24) is 10.3 Å². The first-order valence-corrected chi connectivity index (χ1v) is 5.30. The summed E-state index contributed by atoms with van der Waals surface area (Å²) in [6, 6.07) is 7.24. The number of aromatic amines is 1. The maximum absolute atomic E-state index is 11.7. The lowest BCUT2D eigenvalue weighted by Gasteiger charge is -1.99. The Hall–Kier alpha value is -2.41. The average molecular weight is 227 g/mol. The zero-order valence-corrected chi connectivity index (χ0v) is 9.29. The number of aromatic nitrogens is 1. The zero-order chi connectivity index (χ0) is 12.3. The molecule has 1 heterocycles. The first-order valence-electron chi connectivity index (χ1n) is 5.30. The Morgan fingerprint density at radius 2 is 2.29 bits per heavy atom. The van der Waals surface area contributed by atoms with Gasteiger partial charge in [0.1, 0.15) is 5.69 Å². The van der Waals surface area contributed by atoms with Crippen LogP contribution in [0.2, 0.25) is 0 Å². The maximum Gasteiger partial charge on any atom is 0.267 e. The second-order valence-corrected chi connectivity index (χ2v) is 3.74. The number of hydrogen-bond donors (Lipinski definition) is 3. The lowest BCUT2D eigenvalue weighted by atomic mass is 10.2. The average Bonchev–Trinajstić information content (AvgIpc) is 2.72. The molecule has 2 rings (SSSR count). The summed E-state index contributed by atoms with van der Waals surface area (Å²) in [5, 5.41) is 3.65. The van der Waals surface area contributed by atoms with Crippen molar-refractivity contribution in [3.05, 3.63) is 30.0 Å². The minimum atomic E-state index is -0.157. The highest BCUT2D eigenvalue weighted by Crippen LogP contribution is 2.18. The van der Waals surface area contributed by atoms with Gasteiger partial charge in [-0.05, 0) is 24.3 Å². The lowest BCUT2D eigenvalue weighted by molar-refractivity contribution is 0.0950. The molecule has 0 unspecified atom stereocenters. The van der Waals surface area contributed by atoms with Crippen molar-refractivity contribution in [3.63, 3.8) is 0 Å². The van der Waals surface area contributed by atoms with E-state index in [1.54, 1.807) is 12.1 Å². The Morgan fingerprint density at radius 3 is 3.06 bits per heavy atom. The molecule has 17 heavy (non-hydrogen) atoms. The van der Waals surface area contributed by atoms with E-state index < -0.39 is 0 Å². The van der Waals surface area contributed by atoms with E-state index in [-0.39, 0.29) is 5.91 Å². The van der Waals surface area contributed by atoms with E-state index in [4.69, 9.17) is 12.2 Å². The van der Waals surface area contributed by atoms with Gasteiger partial charge in [0.2, 0.25) is 0 Å². The number of benzene rings is 1. The van der Waals surface area contributed by atoms with Crippen LogP contribution in [0.3, 0.4) is 0 Å². The van der Waals surface area contributed by atoms with Crippen LogP contribution in [0.4, 0.5) is 5.69 Å². The molecular weight excluding hydrogens is 214 g/mol. The number of hydrogen-bond acceptors (Lipinski definition) is 2. The van der Waals surface area contributed by atoms with Crippen LogP contribution in [-0.2, 0) is 0 Å². The highest BCUT2D eigenvalue weighted by molar-refractivity contribution is 5.98. The Labute approximate surface area is 99.2 Å². The van der Waals surface area contributed by atoms with Crippen LogP contribution in [0.1, 0.15) is 16.9 Å². The number of amides is 1. The summed E-state index contributed by atoms with van der Waals surface area (Å²) in [5.74, 6) is 2.31. The number of nitrogens with one attached hydrogen (secondary N) is 2. The van der Waals surface area contributed by atoms with E-state index in [2.05, 4.69) is 16.2 Å². The van der Waals surface area contributed by atoms with E-state index in [0.29, 0.717) is 24.3 Å². The highest BCUT2D eigenvalue weighted by atomic mass is 16.1. The molecule has 0 radical (unpaired) electrons. The van der Waals surface area contributed by atoms with Crippen LogP contribution in [0, 0.1) is 12.3 Å². The van der Waals surface area contributed by atoms with E-state index in [1.165, 1.54) is 0 Å². The Morgan fingerprint density at radius 1 is 1.47 bits per heavy atom. The van der Waals surface area contributed by atoms with Crippen LogP contribution >= 0.6 is 0 Å². The molecule has 0 saturated heterocycles. The van der Waals surface area contributed by atoms with Crippen LogP contribution in [0.15, 0.2) is 24.3 Å². The van der Waals surface area contributed by atoms with Gasteiger partial charge in [0.05, 0.1) is 0 Å². The fourth-order valence-electron chi connectivity index (χ4n) is 1.62. The molecule has 0 atom stereocenters. The molecule has 0 saturated carbocycles. The summed E-state index contributed by atoms with van der Waals surface area (Å²) in [5.41, 5.74) is 7.75. The third-order valence-corrected chi connectivity index (χ3v) is 2.44. The largest absolute Gasteiger partial charge is 0.399 e. The van der Waals surface area contributed by atoms with E-state index in [9.17, 15) is 4.79 Å². The van der Waals surface area contributed by atoms with Gasteiger partial charge in [-0.15, -0.1) is 12.3 Å². The molecule has 0 aliphatic heterocycles. The molecule has 4 nitrogen and oxygen atoms in total. The minimum absolute atomic E-state index is 0.157. The summed E-state index contributed by atoms with van der Waals surface area (Å²) in [6.45, 7) is 0.479. The van der Waals surface area contributed by atoms with Gasteiger partial charge in [0, 0.05) is 29.6 Å². The standard InChI is InChI=1S/C13H13N3O/c1-2-3-6-15-13(17)12-8-9-7-10(14)4-5-11(9)16-12/h1,4-5,7-8,16H,3,6,14H2,(H,15,17). The quantitative estimate of drug-likeness (QED) is 0.422. The second kappa shape index (κ2) is 4.62. The predicted octanol–water partition coefficient (Wildman–Crippen LogP) is 1.50. The number of carbonyl (C=O) groups is 1. The SMILES string of the molecule is C#CCCNC(=O)c1cc2cc(N)ccc2[nH]1.